The molecule has 1 aliphatic heterocycles. The number of para-hydroxylation sites is 1. The summed E-state index contributed by atoms with van der Waals surface area (Å²) in [6.45, 7) is 4.23. The van der Waals surface area contributed by atoms with Gasteiger partial charge in [0.25, 0.3) is 0 Å². The second-order valence-corrected chi connectivity index (χ2v) is 9.25. The van der Waals surface area contributed by atoms with E-state index in [-0.39, 0.29) is 12.5 Å². The largest absolute Gasteiger partial charge is 0.369 e. The van der Waals surface area contributed by atoms with Crippen LogP contribution in [0, 0.1) is 0 Å². The predicted octanol–water partition coefficient (Wildman–Crippen LogP) is 1.52. The fourth-order valence-corrected chi connectivity index (χ4v) is 4.13. The molecule has 29 heavy (non-hydrogen) atoms. The van der Waals surface area contributed by atoms with Crippen LogP contribution in [-0.2, 0) is 21.4 Å². The molecule has 8 heteroatoms. The Morgan fingerprint density at radius 2 is 1.62 bits per heavy atom. The zero-order chi connectivity index (χ0) is 20.9. The highest BCUT2D eigenvalue weighted by Crippen LogP contribution is 2.18. The predicted molar refractivity (Wildman–Crippen MR) is 117 cm³/mol. The lowest BCUT2D eigenvalue weighted by molar-refractivity contribution is -0.119. The first-order chi connectivity index (χ1) is 13.8. The number of benzene rings is 2. The maximum absolute atomic E-state index is 12.4. The van der Waals surface area contributed by atoms with Gasteiger partial charge in [-0.1, -0.05) is 30.3 Å². The van der Waals surface area contributed by atoms with Crippen molar-refractivity contribution in [1.82, 2.24) is 10.2 Å². The molecule has 156 valence electrons. The van der Waals surface area contributed by atoms with E-state index in [1.54, 1.807) is 30.3 Å². The zero-order valence-corrected chi connectivity index (χ0v) is 17.7. The van der Waals surface area contributed by atoms with E-state index in [9.17, 15) is 13.2 Å². The quantitative estimate of drug-likeness (QED) is 0.741. The van der Waals surface area contributed by atoms with Crippen LogP contribution in [0.15, 0.2) is 54.6 Å². The van der Waals surface area contributed by atoms with Crippen molar-refractivity contribution in [2.75, 3.05) is 55.2 Å². The summed E-state index contributed by atoms with van der Waals surface area (Å²) in [5.41, 5.74) is 2.63. The number of hydrogen-bond donors (Lipinski definition) is 1. The summed E-state index contributed by atoms with van der Waals surface area (Å²) >= 11 is 0. The van der Waals surface area contributed by atoms with Gasteiger partial charge in [0.1, 0.15) is 6.54 Å². The summed E-state index contributed by atoms with van der Waals surface area (Å²) < 4.78 is 25.3. The molecule has 0 saturated carbocycles. The molecule has 1 N–H and O–H groups in total. The number of carbonyl (C=O) groups is 1. The van der Waals surface area contributed by atoms with Crippen LogP contribution in [0.2, 0.25) is 0 Å². The minimum atomic E-state index is -3.55. The van der Waals surface area contributed by atoms with Crippen molar-refractivity contribution in [1.29, 1.82) is 0 Å². The van der Waals surface area contributed by atoms with Gasteiger partial charge in [0.15, 0.2) is 0 Å². The summed E-state index contributed by atoms with van der Waals surface area (Å²) in [6, 6.07) is 16.8. The minimum Gasteiger partial charge on any atom is -0.369 e. The first kappa shape index (κ1) is 21.1. The van der Waals surface area contributed by atoms with Crippen LogP contribution in [0.25, 0.3) is 0 Å². The molecule has 1 aliphatic rings. The van der Waals surface area contributed by atoms with E-state index >= 15 is 0 Å². The summed E-state index contributed by atoms with van der Waals surface area (Å²) in [5, 5.41) is 2.81. The van der Waals surface area contributed by atoms with E-state index in [0.717, 1.165) is 42.3 Å². The number of rotatable bonds is 7. The molecule has 1 fully saturated rings. The van der Waals surface area contributed by atoms with Gasteiger partial charge in [0.05, 0.1) is 11.9 Å². The molecule has 1 amide bonds. The van der Waals surface area contributed by atoms with Gasteiger partial charge in [-0.25, -0.2) is 8.42 Å². The molecule has 1 saturated heterocycles. The standard InChI is InChI=1S/C21H28N4O3S/c1-23-12-14-24(15-13-23)19-10-8-18(9-11-19)16-22-21(26)17-25(29(2,27)28)20-6-4-3-5-7-20/h3-11H,12-17H2,1-2H3,(H,22,26). The van der Waals surface area contributed by atoms with Crippen molar-refractivity contribution in [3.05, 3.63) is 60.2 Å². The number of sulfonamides is 1. The molecule has 0 unspecified atom stereocenters. The van der Waals surface area contributed by atoms with Crippen molar-refractivity contribution in [2.24, 2.45) is 0 Å². The maximum atomic E-state index is 12.4. The van der Waals surface area contributed by atoms with E-state index in [0.29, 0.717) is 12.2 Å². The monoisotopic (exact) mass is 416 g/mol. The lowest BCUT2D eigenvalue weighted by Gasteiger charge is -2.34. The van der Waals surface area contributed by atoms with E-state index < -0.39 is 10.0 Å². The van der Waals surface area contributed by atoms with Gasteiger partial charge in [-0.05, 0) is 36.9 Å². The number of nitrogens with zero attached hydrogens (tertiary/aromatic N) is 3. The molecular weight excluding hydrogens is 388 g/mol. The minimum absolute atomic E-state index is 0.248. The molecule has 1 heterocycles. The first-order valence-electron chi connectivity index (χ1n) is 9.65. The van der Waals surface area contributed by atoms with Crippen LogP contribution >= 0.6 is 0 Å². The Kier molecular flexibility index (Phi) is 6.76. The van der Waals surface area contributed by atoms with Gasteiger partial charge < -0.3 is 15.1 Å². The van der Waals surface area contributed by atoms with Crippen LogP contribution in [0.1, 0.15) is 5.56 Å². The Morgan fingerprint density at radius 3 is 2.21 bits per heavy atom. The van der Waals surface area contributed by atoms with E-state index in [1.165, 1.54) is 5.69 Å². The summed E-state index contributed by atoms with van der Waals surface area (Å²) in [6.07, 6.45) is 1.10. The van der Waals surface area contributed by atoms with Gasteiger partial charge in [0.2, 0.25) is 15.9 Å². The van der Waals surface area contributed by atoms with Crippen LogP contribution in [0.3, 0.4) is 0 Å². The molecular formula is C21H28N4O3S. The van der Waals surface area contributed by atoms with Crippen molar-refractivity contribution in [3.63, 3.8) is 0 Å². The van der Waals surface area contributed by atoms with Crippen LogP contribution in [0.4, 0.5) is 11.4 Å². The topological polar surface area (TPSA) is 73.0 Å². The third kappa shape index (κ3) is 5.95. The summed E-state index contributed by atoms with van der Waals surface area (Å²) in [4.78, 5) is 17.0. The lowest BCUT2D eigenvalue weighted by Crippen LogP contribution is -2.44. The summed E-state index contributed by atoms with van der Waals surface area (Å²) in [5.74, 6) is -0.345. The van der Waals surface area contributed by atoms with Gasteiger partial charge in [-0.3, -0.25) is 9.10 Å². The fourth-order valence-electron chi connectivity index (χ4n) is 3.27. The van der Waals surface area contributed by atoms with Gasteiger partial charge in [0, 0.05) is 38.4 Å². The number of anilines is 2. The number of carbonyl (C=O) groups excluding carboxylic acids is 1. The number of amides is 1. The Morgan fingerprint density at radius 1 is 1.00 bits per heavy atom. The van der Waals surface area contributed by atoms with Gasteiger partial charge in [-0.2, -0.15) is 0 Å². The molecule has 0 aromatic heterocycles. The molecule has 0 radical (unpaired) electrons. The second-order valence-electron chi connectivity index (χ2n) is 7.34. The molecule has 3 rings (SSSR count). The van der Waals surface area contributed by atoms with E-state index in [2.05, 4.69) is 34.3 Å². The van der Waals surface area contributed by atoms with Gasteiger partial charge in [-0.15, -0.1) is 0 Å². The van der Waals surface area contributed by atoms with Crippen molar-refractivity contribution < 1.29 is 13.2 Å². The highest BCUT2D eigenvalue weighted by atomic mass is 32.2. The number of hydrogen-bond acceptors (Lipinski definition) is 5. The Labute approximate surface area is 173 Å². The highest BCUT2D eigenvalue weighted by molar-refractivity contribution is 7.92. The second kappa shape index (κ2) is 9.28. The lowest BCUT2D eigenvalue weighted by atomic mass is 10.1. The van der Waals surface area contributed by atoms with Crippen LogP contribution in [0.5, 0.6) is 0 Å². The van der Waals surface area contributed by atoms with Gasteiger partial charge >= 0.3 is 0 Å². The third-order valence-electron chi connectivity index (χ3n) is 5.03. The Balaban J connectivity index is 1.56. The average Bonchev–Trinajstić information content (AvgIpc) is 2.71. The molecule has 0 spiro atoms. The molecule has 0 atom stereocenters. The van der Waals surface area contributed by atoms with E-state index in [4.69, 9.17) is 0 Å². The van der Waals surface area contributed by atoms with Crippen LogP contribution < -0.4 is 14.5 Å². The molecule has 0 aliphatic carbocycles. The number of nitrogens with one attached hydrogen (secondary N) is 1. The van der Waals surface area contributed by atoms with Crippen LogP contribution in [-0.4, -0.2) is 65.3 Å². The summed E-state index contributed by atoms with van der Waals surface area (Å²) in [7, 11) is -1.42. The average molecular weight is 417 g/mol. The first-order valence-corrected chi connectivity index (χ1v) is 11.5. The Hall–Kier alpha value is -2.58. The number of piperazine rings is 1. The zero-order valence-electron chi connectivity index (χ0n) is 16.9. The van der Waals surface area contributed by atoms with Crippen molar-refractivity contribution >= 4 is 27.3 Å². The molecule has 7 nitrogen and oxygen atoms in total. The van der Waals surface area contributed by atoms with Crippen molar-refractivity contribution in [3.8, 4) is 0 Å². The SMILES string of the molecule is CN1CCN(c2ccc(CNC(=O)CN(c3ccccc3)S(C)(=O)=O)cc2)CC1. The van der Waals surface area contributed by atoms with E-state index in [1.807, 2.05) is 12.1 Å². The smallest absolute Gasteiger partial charge is 0.241 e. The molecule has 2 aromatic carbocycles. The number of likely N-dealkylation sites (N-methyl/N-ethyl adjacent to an activating group) is 1. The molecule has 2 aromatic rings. The normalized spacial score (nSPS) is 15.2. The fraction of sp³-hybridized carbons (Fsp3) is 0.381. The molecule has 0 bridgehead atoms. The maximum Gasteiger partial charge on any atom is 0.241 e. The highest BCUT2D eigenvalue weighted by Gasteiger charge is 2.20. The third-order valence-corrected chi connectivity index (χ3v) is 6.17. The van der Waals surface area contributed by atoms with Crippen molar-refractivity contribution in [2.45, 2.75) is 6.54 Å². The Bertz CT molecular complexity index is 909.